The predicted molar refractivity (Wildman–Crippen MR) is 66.7 cm³/mol. The zero-order chi connectivity index (χ0) is 13.4. The summed E-state index contributed by atoms with van der Waals surface area (Å²) in [6.45, 7) is -0.160. The average Bonchev–Trinajstić information content (AvgIpc) is 2.42. The highest BCUT2D eigenvalue weighted by atomic mass is 32.2. The number of thioether (sulfide) groups is 1. The lowest BCUT2D eigenvalue weighted by Gasteiger charge is -2.09. The molecule has 0 N–H and O–H groups in total. The van der Waals surface area contributed by atoms with Crippen LogP contribution in [-0.2, 0) is 19.1 Å². The Balaban J connectivity index is 2.61. The van der Waals surface area contributed by atoms with Gasteiger partial charge in [-0.3, -0.25) is 4.79 Å². The molecule has 0 atom stereocenters. The second kappa shape index (κ2) is 7.60. The van der Waals surface area contributed by atoms with Crippen molar-refractivity contribution in [1.82, 2.24) is 0 Å². The zero-order valence-electron chi connectivity index (χ0n) is 10.2. The van der Waals surface area contributed by atoms with Crippen molar-refractivity contribution >= 4 is 23.7 Å². The Morgan fingerprint density at radius 1 is 1.11 bits per heavy atom. The molecule has 98 valence electrons. The topological polar surface area (TPSA) is 61.8 Å². The van der Waals surface area contributed by atoms with Gasteiger partial charge in [-0.05, 0) is 12.1 Å². The highest BCUT2D eigenvalue weighted by molar-refractivity contribution is 8.00. The van der Waals surface area contributed by atoms with Crippen molar-refractivity contribution in [3.8, 4) is 5.75 Å². The summed E-state index contributed by atoms with van der Waals surface area (Å²) in [5.74, 6) is -0.0444. The first-order valence-corrected chi connectivity index (χ1v) is 6.14. The van der Waals surface area contributed by atoms with Gasteiger partial charge in [0.1, 0.15) is 5.75 Å². The fourth-order valence-corrected chi connectivity index (χ4v) is 1.92. The van der Waals surface area contributed by atoms with Gasteiger partial charge in [-0.15, -0.1) is 11.8 Å². The summed E-state index contributed by atoms with van der Waals surface area (Å²) in [5.41, 5.74) is 0. The molecule has 18 heavy (non-hydrogen) atoms. The van der Waals surface area contributed by atoms with Crippen LogP contribution in [0.2, 0.25) is 0 Å². The van der Waals surface area contributed by atoms with E-state index < -0.39 is 5.97 Å². The molecule has 0 saturated carbocycles. The van der Waals surface area contributed by atoms with Crippen LogP contribution >= 0.6 is 11.8 Å². The third-order valence-electron chi connectivity index (χ3n) is 2.00. The Hall–Kier alpha value is -1.69. The van der Waals surface area contributed by atoms with Gasteiger partial charge in [0.25, 0.3) is 0 Å². The zero-order valence-corrected chi connectivity index (χ0v) is 11.0. The van der Waals surface area contributed by atoms with Crippen molar-refractivity contribution in [2.24, 2.45) is 0 Å². The lowest BCUT2D eigenvalue weighted by Crippen LogP contribution is -2.13. The Kier molecular flexibility index (Phi) is 6.07. The number of carbonyl (C=O) groups excluding carboxylic acids is 2. The summed E-state index contributed by atoms with van der Waals surface area (Å²) in [6, 6.07) is 7.14. The van der Waals surface area contributed by atoms with Crippen LogP contribution in [0.1, 0.15) is 0 Å². The monoisotopic (exact) mass is 270 g/mol. The van der Waals surface area contributed by atoms with Gasteiger partial charge in [0.15, 0.2) is 6.61 Å². The molecule has 5 nitrogen and oxygen atoms in total. The van der Waals surface area contributed by atoms with E-state index in [-0.39, 0.29) is 18.3 Å². The van der Waals surface area contributed by atoms with Gasteiger partial charge in [0.05, 0.1) is 20.0 Å². The average molecular weight is 270 g/mol. The van der Waals surface area contributed by atoms with Crippen LogP contribution in [0.15, 0.2) is 29.2 Å². The van der Waals surface area contributed by atoms with Crippen molar-refractivity contribution < 1.29 is 23.8 Å². The number of ether oxygens (including phenoxy) is 3. The molecule has 0 aliphatic carbocycles. The number of methoxy groups -OCH3 is 2. The number of hydrogen-bond donors (Lipinski definition) is 0. The van der Waals surface area contributed by atoms with E-state index in [9.17, 15) is 9.59 Å². The molecule has 0 spiro atoms. The van der Waals surface area contributed by atoms with Gasteiger partial charge >= 0.3 is 11.9 Å². The first kappa shape index (κ1) is 14.4. The van der Waals surface area contributed by atoms with Crippen molar-refractivity contribution in [3.63, 3.8) is 0 Å². The molecule has 0 heterocycles. The van der Waals surface area contributed by atoms with Crippen LogP contribution in [0, 0.1) is 0 Å². The van der Waals surface area contributed by atoms with E-state index in [0.717, 1.165) is 4.90 Å². The quantitative estimate of drug-likeness (QED) is 0.576. The maximum atomic E-state index is 11.1. The van der Waals surface area contributed by atoms with E-state index >= 15 is 0 Å². The lowest BCUT2D eigenvalue weighted by molar-refractivity contribution is -0.143. The van der Waals surface area contributed by atoms with Crippen LogP contribution in [-0.4, -0.2) is 38.5 Å². The smallest absolute Gasteiger partial charge is 0.343 e. The second-order valence-electron chi connectivity index (χ2n) is 3.18. The van der Waals surface area contributed by atoms with Gasteiger partial charge < -0.3 is 14.2 Å². The van der Waals surface area contributed by atoms with Crippen LogP contribution < -0.4 is 4.74 Å². The molecule has 0 unspecified atom stereocenters. The summed E-state index contributed by atoms with van der Waals surface area (Å²) < 4.78 is 14.3. The Morgan fingerprint density at radius 2 is 1.78 bits per heavy atom. The van der Waals surface area contributed by atoms with Gasteiger partial charge in [-0.25, -0.2) is 4.79 Å². The first-order chi connectivity index (χ1) is 8.67. The molecule has 1 aromatic rings. The molecule has 0 fully saturated rings. The van der Waals surface area contributed by atoms with E-state index in [1.807, 2.05) is 6.07 Å². The van der Waals surface area contributed by atoms with Crippen molar-refractivity contribution in [1.29, 1.82) is 0 Å². The van der Waals surface area contributed by atoms with Gasteiger partial charge in [0.2, 0.25) is 0 Å². The highest BCUT2D eigenvalue weighted by Crippen LogP contribution is 2.28. The highest BCUT2D eigenvalue weighted by Gasteiger charge is 2.09. The lowest BCUT2D eigenvalue weighted by atomic mass is 10.3. The van der Waals surface area contributed by atoms with Crippen LogP contribution in [0.5, 0.6) is 5.75 Å². The van der Waals surface area contributed by atoms with Gasteiger partial charge in [-0.2, -0.15) is 0 Å². The van der Waals surface area contributed by atoms with Gasteiger partial charge in [0, 0.05) is 4.90 Å². The maximum absolute atomic E-state index is 11.1. The number of carbonyl (C=O) groups is 2. The Bertz CT molecular complexity index is 380. The van der Waals surface area contributed by atoms with E-state index in [1.54, 1.807) is 18.2 Å². The molecular weight excluding hydrogens is 256 g/mol. The third kappa shape index (κ3) is 4.67. The van der Waals surface area contributed by atoms with Crippen molar-refractivity contribution in [3.05, 3.63) is 24.3 Å². The molecule has 0 bridgehead atoms. The number of rotatable bonds is 6. The van der Waals surface area contributed by atoms with Crippen LogP contribution in [0.25, 0.3) is 0 Å². The predicted octanol–water partition coefficient (Wildman–Crippen LogP) is 1.50. The number of esters is 2. The summed E-state index contributed by atoms with van der Waals surface area (Å²) in [7, 11) is 2.63. The van der Waals surface area contributed by atoms with Crippen LogP contribution in [0.3, 0.4) is 0 Å². The summed E-state index contributed by atoms with van der Waals surface area (Å²) >= 11 is 1.29. The van der Waals surface area contributed by atoms with E-state index in [1.165, 1.54) is 26.0 Å². The molecule has 6 heteroatoms. The largest absolute Gasteiger partial charge is 0.481 e. The second-order valence-corrected chi connectivity index (χ2v) is 4.19. The SMILES string of the molecule is COC(=O)COc1ccccc1SCC(=O)OC. The molecule has 0 amide bonds. The summed E-state index contributed by atoms with van der Waals surface area (Å²) in [5, 5.41) is 0. The Morgan fingerprint density at radius 3 is 2.44 bits per heavy atom. The molecule has 0 aliphatic heterocycles. The number of benzene rings is 1. The standard InChI is InChI=1S/C12H14O5S/c1-15-11(13)7-17-9-5-3-4-6-10(9)18-8-12(14)16-2/h3-6H,7-8H2,1-2H3. The van der Waals surface area contributed by atoms with E-state index in [2.05, 4.69) is 9.47 Å². The molecule has 0 aliphatic rings. The fourth-order valence-electron chi connectivity index (χ4n) is 1.08. The summed E-state index contributed by atoms with van der Waals surface area (Å²) in [6.07, 6.45) is 0. The van der Waals surface area contributed by atoms with E-state index in [0.29, 0.717) is 5.75 Å². The maximum Gasteiger partial charge on any atom is 0.343 e. The number of para-hydroxylation sites is 1. The molecule has 0 saturated heterocycles. The molecule has 1 rings (SSSR count). The van der Waals surface area contributed by atoms with Crippen LogP contribution in [0.4, 0.5) is 0 Å². The molecule has 0 radical (unpaired) electrons. The van der Waals surface area contributed by atoms with Gasteiger partial charge in [-0.1, -0.05) is 12.1 Å². The van der Waals surface area contributed by atoms with Crippen molar-refractivity contribution in [2.45, 2.75) is 4.90 Å². The minimum Gasteiger partial charge on any atom is -0.481 e. The number of hydrogen-bond acceptors (Lipinski definition) is 6. The van der Waals surface area contributed by atoms with E-state index in [4.69, 9.17) is 4.74 Å². The minimum atomic E-state index is -0.456. The molecule has 0 aromatic heterocycles. The normalized spacial score (nSPS) is 9.67. The molecular formula is C12H14O5S. The molecule has 1 aromatic carbocycles. The first-order valence-electron chi connectivity index (χ1n) is 5.15. The minimum absolute atomic E-state index is 0.160. The fraction of sp³-hybridized carbons (Fsp3) is 0.333. The third-order valence-corrected chi connectivity index (χ3v) is 3.02. The van der Waals surface area contributed by atoms with Crippen molar-refractivity contribution in [2.75, 3.05) is 26.6 Å². The summed E-state index contributed by atoms with van der Waals surface area (Å²) in [4.78, 5) is 22.8. The Labute approximate surface area is 109 Å².